The van der Waals surface area contributed by atoms with Gasteiger partial charge >= 0.3 is 5.97 Å². The van der Waals surface area contributed by atoms with Crippen LogP contribution in [0, 0.1) is 0 Å². The van der Waals surface area contributed by atoms with Crippen LogP contribution >= 0.6 is 0 Å². The van der Waals surface area contributed by atoms with Crippen molar-refractivity contribution in [3.05, 3.63) is 23.7 Å². The van der Waals surface area contributed by atoms with Crippen LogP contribution in [-0.4, -0.2) is 55.7 Å². The van der Waals surface area contributed by atoms with Gasteiger partial charge in [-0.2, -0.15) is 0 Å². The monoisotopic (exact) mass is 270 g/mol. The molecule has 1 aromatic rings. The zero-order chi connectivity index (χ0) is 14.3. The lowest BCUT2D eigenvalue weighted by molar-refractivity contribution is -0.122. The fourth-order valence-corrected chi connectivity index (χ4v) is 1.49. The number of nitrogens with zero attached hydrogens (tertiary/aromatic N) is 1. The Labute approximate surface area is 111 Å². The molecule has 0 saturated carbocycles. The van der Waals surface area contributed by atoms with Gasteiger partial charge in [0, 0.05) is 13.7 Å². The molecule has 1 aromatic heterocycles. The lowest BCUT2D eigenvalue weighted by atomic mass is 10.4. The van der Waals surface area contributed by atoms with E-state index in [-0.39, 0.29) is 18.2 Å². The number of carbonyl (C=O) groups is 2. The van der Waals surface area contributed by atoms with E-state index in [0.29, 0.717) is 25.5 Å². The van der Waals surface area contributed by atoms with Gasteiger partial charge in [-0.15, -0.1) is 0 Å². The number of rotatable bonds is 8. The zero-order valence-corrected chi connectivity index (χ0v) is 11.0. The smallest absolute Gasteiger partial charge is 0.371 e. The molecule has 0 aromatic carbocycles. The predicted molar refractivity (Wildman–Crippen MR) is 66.9 cm³/mol. The van der Waals surface area contributed by atoms with E-state index in [4.69, 9.17) is 14.3 Å². The number of aromatic carboxylic acids is 1. The van der Waals surface area contributed by atoms with Gasteiger partial charge in [-0.25, -0.2) is 4.79 Å². The van der Waals surface area contributed by atoms with E-state index in [1.54, 1.807) is 25.1 Å². The van der Waals surface area contributed by atoms with E-state index in [2.05, 4.69) is 5.32 Å². The Balaban J connectivity index is 2.35. The molecule has 0 fully saturated rings. The van der Waals surface area contributed by atoms with Crippen LogP contribution in [0.3, 0.4) is 0 Å². The molecule has 19 heavy (non-hydrogen) atoms. The first kappa shape index (κ1) is 15.2. The number of carbonyl (C=O) groups excluding carboxylic acids is 1. The highest BCUT2D eigenvalue weighted by Gasteiger charge is 2.12. The Morgan fingerprint density at radius 3 is 2.79 bits per heavy atom. The number of likely N-dealkylation sites (N-methyl/N-ethyl adjacent to an activating group) is 1. The van der Waals surface area contributed by atoms with E-state index in [1.807, 2.05) is 0 Å². The van der Waals surface area contributed by atoms with Crippen LogP contribution in [0.4, 0.5) is 0 Å². The molecular formula is C12H18N2O5. The molecule has 2 N–H and O–H groups in total. The Bertz CT molecular complexity index is 430. The average Bonchev–Trinajstić information content (AvgIpc) is 2.77. The van der Waals surface area contributed by atoms with Crippen LogP contribution in [0.1, 0.15) is 16.3 Å². The fourth-order valence-electron chi connectivity index (χ4n) is 1.49. The molecule has 0 aliphatic carbocycles. The largest absolute Gasteiger partial charge is 0.475 e. The molecule has 0 aliphatic heterocycles. The molecule has 0 spiro atoms. The first-order valence-corrected chi connectivity index (χ1v) is 5.79. The van der Waals surface area contributed by atoms with Gasteiger partial charge in [-0.1, -0.05) is 0 Å². The third kappa shape index (κ3) is 5.54. The van der Waals surface area contributed by atoms with Crippen molar-refractivity contribution in [2.24, 2.45) is 0 Å². The lowest BCUT2D eigenvalue weighted by Crippen LogP contribution is -2.36. The van der Waals surface area contributed by atoms with Crippen molar-refractivity contribution in [1.29, 1.82) is 0 Å². The van der Waals surface area contributed by atoms with E-state index in [9.17, 15) is 9.59 Å². The highest BCUT2D eigenvalue weighted by atomic mass is 16.5. The summed E-state index contributed by atoms with van der Waals surface area (Å²) in [4.78, 5) is 23.9. The first-order valence-electron chi connectivity index (χ1n) is 5.79. The number of furan rings is 1. The maximum absolute atomic E-state index is 11.5. The van der Waals surface area contributed by atoms with E-state index in [1.165, 1.54) is 6.07 Å². The molecule has 1 heterocycles. The Kier molecular flexibility index (Phi) is 6.04. The normalized spacial score (nSPS) is 10.7. The van der Waals surface area contributed by atoms with Gasteiger partial charge in [0.1, 0.15) is 5.76 Å². The van der Waals surface area contributed by atoms with Crippen LogP contribution in [-0.2, 0) is 16.1 Å². The highest BCUT2D eigenvalue weighted by Crippen LogP contribution is 2.09. The van der Waals surface area contributed by atoms with Crippen molar-refractivity contribution in [3.8, 4) is 0 Å². The van der Waals surface area contributed by atoms with Crippen LogP contribution in [0.2, 0.25) is 0 Å². The topological polar surface area (TPSA) is 92.0 Å². The maximum atomic E-state index is 11.5. The maximum Gasteiger partial charge on any atom is 0.371 e. The summed E-state index contributed by atoms with van der Waals surface area (Å²) < 4.78 is 9.92. The summed E-state index contributed by atoms with van der Waals surface area (Å²) in [6.07, 6.45) is 0. The summed E-state index contributed by atoms with van der Waals surface area (Å²) in [5, 5.41) is 11.4. The third-order valence-electron chi connectivity index (χ3n) is 2.34. The second-order valence-corrected chi connectivity index (χ2v) is 4.09. The summed E-state index contributed by atoms with van der Waals surface area (Å²) >= 11 is 0. The predicted octanol–water partition coefficient (Wildman–Crippen LogP) is 0.172. The van der Waals surface area contributed by atoms with Crippen molar-refractivity contribution in [1.82, 2.24) is 10.2 Å². The number of hydrogen-bond donors (Lipinski definition) is 2. The van der Waals surface area contributed by atoms with E-state index >= 15 is 0 Å². The van der Waals surface area contributed by atoms with Crippen molar-refractivity contribution in [2.45, 2.75) is 6.54 Å². The van der Waals surface area contributed by atoms with Gasteiger partial charge in [0.25, 0.3) is 0 Å². The molecule has 1 rings (SSSR count). The Morgan fingerprint density at radius 2 is 2.21 bits per heavy atom. The van der Waals surface area contributed by atoms with Crippen molar-refractivity contribution in [2.75, 3.05) is 33.9 Å². The highest BCUT2D eigenvalue weighted by molar-refractivity contribution is 5.84. The van der Waals surface area contributed by atoms with Crippen molar-refractivity contribution >= 4 is 11.9 Å². The second kappa shape index (κ2) is 7.55. The first-order chi connectivity index (χ1) is 9.02. The van der Waals surface area contributed by atoms with Crippen LogP contribution in [0.15, 0.2) is 16.5 Å². The van der Waals surface area contributed by atoms with Gasteiger partial charge < -0.3 is 19.6 Å². The number of ether oxygens (including phenoxy) is 1. The summed E-state index contributed by atoms with van der Waals surface area (Å²) in [7, 11) is 3.31. The lowest BCUT2D eigenvalue weighted by Gasteiger charge is -2.14. The molecule has 0 unspecified atom stereocenters. The fraction of sp³-hybridized carbons (Fsp3) is 0.500. The van der Waals surface area contributed by atoms with Gasteiger partial charge in [0.15, 0.2) is 0 Å². The number of amides is 1. The SMILES string of the molecule is COCCNC(=O)CN(C)Cc1ccc(C(=O)O)o1. The molecule has 0 saturated heterocycles. The summed E-state index contributed by atoms with van der Waals surface area (Å²) in [6.45, 7) is 1.50. The summed E-state index contributed by atoms with van der Waals surface area (Å²) in [6, 6.07) is 2.98. The van der Waals surface area contributed by atoms with Crippen LogP contribution in [0.5, 0.6) is 0 Å². The second-order valence-electron chi connectivity index (χ2n) is 4.09. The van der Waals surface area contributed by atoms with Gasteiger partial charge in [0.2, 0.25) is 11.7 Å². The standard InChI is InChI=1S/C12H18N2O5/c1-14(8-11(15)13-5-6-18-2)7-9-3-4-10(19-9)12(16)17/h3-4H,5-8H2,1-2H3,(H,13,15)(H,16,17). The summed E-state index contributed by atoms with van der Waals surface area (Å²) in [5.41, 5.74) is 0. The van der Waals surface area contributed by atoms with Crippen molar-refractivity contribution < 1.29 is 23.8 Å². The van der Waals surface area contributed by atoms with Crippen molar-refractivity contribution in [3.63, 3.8) is 0 Å². The van der Waals surface area contributed by atoms with Gasteiger partial charge in [-0.3, -0.25) is 9.69 Å². The number of hydrogen-bond acceptors (Lipinski definition) is 5. The molecule has 106 valence electrons. The number of carboxylic acids is 1. The minimum Gasteiger partial charge on any atom is -0.475 e. The Morgan fingerprint density at radius 1 is 1.47 bits per heavy atom. The van der Waals surface area contributed by atoms with Crippen LogP contribution < -0.4 is 5.32 Å². The number of carboxylic acid groups (broad SMARTS) is 1. The molecule has 1 amide bonds. The Hall–Kier alpha value is -1.86. The van der Waals surface area contributed by atoms with Gasteiger partial charge in [-0.05, 0) is 19.2 Å². The molecule has 0 atom stereocenters. The summed E-state index contributed by atoms with van der Waals surface area (Å²) in [5.74, 6) is -0.826. The van der Waals surface area contributed by atoms with E-state index in [0.717, 1.165) is 0 Å². The molecule has 0 radical (unpaired) electrons. The molecule has 0 bridgehead atoms. The van der Waals surface area contributed by atoms with Crippen LogP contribution in [0.25, 0.3) is 0 Å². The molecule has 7 nitrogen and oxygen atoms in total. The molecule has 7 heteroatoms. The number of methoxy groups -OCH3 is 1. The zero-order valence-electron chi connectivity index (χ0n) is 11.0. The average molecular weight is 270 g/mol. The molecule has 0 aliphatic rings. The minimum absolute atomic E-state index is 0.104. The molecular weight excluding hydrogens is 252 g/mol. The quantitative estimate of drug-likeness (QED) is 0.654. The third-order valence-corrected chi connectivity index (χ3v) is 2.34. The minimum atomic E-state index is -1.11. The van der Waals surface area contributed by atoms with E-state index < -0.39 is 5.97 Å². The van der Waals surface area contributed by atoms with Gasteiger partial charge in [0.05, 0.1) is 19.7 Å². The number of nitrogens with one attached hydrogen (secondary N) is 1.